The van der Waals surface area contributed by atoms with E-state index in [1.54, 1.807) is 4.90 Å². The third-order valence-corrected chi connectivity index (χ3v) is 4.65. The summed E-state index contributed by atoms with van der Waals surface area (Å²) in [6.45, 7) is 3.46. The molecule has 1 saturated heterocycles. The Hall–Kier alpha value is -2.69. The maximum Gasteiger partial charge on any atom is 0.335 e. The van der Waals surface area contributed by atoms with Crippen molar-refractivity contribution in [1.29, 1.82) is 0 Å². The van der Waals surface area contributed by atoms with E-state index < -0.39 is 5.97 Å². The van der Waals surface area contributed by atoms with Crippen LogP contribution in [0.3, 0.4) is 0 Å². The fraction of sp³-hybridized carbons (Fsp3) is 0.316. The number of pyridine rings is 1. The molecule has 2 unspecified atom stereocenters. The van der Waals surface area contributed by atoms with Gasteiger partial charge in [0, 0.05) is 19.3 Å². The molecule has 2 heterocycles. The van der Waals surface area contributed by atoms with Gasteiger partial charge in [0.15, 0.2) is 0 Å². The lowest BCUT2D eigenvalue weighted by atomic mass is 9.81. The van der Waals surface area contributed by atoms with Gasteiger partial charge in [0.1, 0.15) is 5.69 Å². The standard InChI is InChI=1S/C19H20N2O3/c1-13-12-21(10-8-16(13)14-5-3-2-4-6-14)18(22)17-11-15(19(23)24)7-9-20-17/h2-7,9,11,13,16H,8,10,12H2,1H3,(H,23,24). The summed E-state index contributed by atoms with van der Waals surface area (Å²) in [5.41, 5.74) is 1.59. The first kappa shape index (κ1) is 16.2. The average molecular weight is 324 g/mol. The maximum absolute atomic E-state index is 12.6. The van der Waals surface area contributed by atoms with Crippen LogP contribution in [0.1, 0.15) is 45.7 Å². The van der Waals surface area contributed by atoms with Crippen molar-refractivity contribution in [1.82, 2.24) is 9.88 Å². The minimum absolute atomic E-state index is 0.0839. The van der Waals surface area contributed by atoms with Crippen LogP contribution in [-0.2, 0) is 0 Å². The van der Waals surface area contributed by atoms with Gasteiger partial charge in [0.05, 0.1) is 5.56 Å². The molecule has 1 aromatic carbocycles. The number of piperidine rings is 1. The lowest BCUT2D eigenvalue weighted by molar-refractivity contribution is 0.0655. The molecule has 0 bridgehead atoms. The van der Waals surface area contributed by atoms with Gasteiger partial charge in [-0.2, -0.15) is 0 Å². The van der Waals surface area contributed by atoms with Gasteiger partial charge in [-0.3, -0.25) is 9.78 Å². The summed E-state index contributed by atoms with van der Waals surface area (Å²) in [6.07, 6.45) is 2.27. The van der Waals surface area contributed by atoms with Crippen LogP contribution in [0.15, 0.2) is 48.7 Å². The summed E-state index contributed by atoms with van der Waals surface area (Å²) in [5.74, 6) is -0.472. The Labute approximate surface area is 140 Å². The predicted octanol–water partition coefficient (Wildman–Crippen LogP) is 3.05. The number of benzene rings is 1. The van der Waals surface area contributed by atoms with Crippen LogP contribution < -0.4 is 0 Å². The van der Waals surface area contributed by atoms with Crippen LogP contribution in [0, 0.1) is 5.92 Å². The van der Waals surface area contributed by atoms with Crippen molar-refractivity contribution in [3.63, 3.8) is 0 Å². The topological polar surface area (TPSA) is 70.5 Å². The Morgan fingerprint density at radius 2 is 1.96 bits per heavy atom. The van der Waals surface area contributed by atoms with Gasteiger partial charge >= 0.3 is 5.97 Å². The average Bonchev–Trinajstić information content (AvgIpc) is 2.62. The van der Waals surface area contributed by atoms with Crippen molar-refractivity contribution in [3.8, 4) is 0 Å². The highest BCUT2D eigenvalue weighted by atomic mass is 16.4. The summed E-state index contributed by atoms with van der Waals surface area (Å²) < 4.78 is 0. The molecule has 24 heavy (non-hydrogen) atoms. The first-order chi connectivity index (χ1) is 11.6. The molecule has 1 fully saturated rings. The molecule has 3 rings (SSSR count). The van der Waals surface area contributed by atoms with E-state index in [1.165, 1.54) is 23.9 Å². The Morgan fingerprint density at radius 3 is 2.62 bits per heavy atom. The molecule has 5 heteroatoms. The van der Waals surface area contributed by atoms with Gasteiger partial charge in [-0.15, -0.1) is 0 Å². The fourth-order valence-electron chi connectivity index (χ4n) is 3.37. The van der Waals surface area contributed by atoms with Crippen molar-refractivity contribution in [2.75, 3.05) is 13.1 Å². The molecule has 2 atom stereocenters. The molecule has 124 valence electrons. The van der Waals surface area contributed by atoms with Gasteiger partial charge in [0.25, 0.3) is 5.91 Å². The number of hydrogen-bond donors (Lipinski definition) is 1. The summed E-state index contributed by atoms with van der Waals surface area (Å²) in [6, 6.07) is 13.1. The lowest BCUT2D eigenvalue weighted by Crippen LogP contribution is -2.42. The smallest absolute Gasteiger partial charge is 0.335 e. The van der Waals surface area contributed by atoms with Crippen LogP contribution in [0.25, 0.3) is 0 Å². The first-order valence-electron chi connectivity index (χ1n) is 8.10. The highest BCUT2D eigenvalue weighted by Gasteiger charge is 2.30. The maximum atomic E-state index is 12.6. The molecule has 1 aliphatic rings. The highest BCUT2D eigenvalue weighted by Crippen LogP contribution is 2.33. The minimum atomic E-state index is -1.05. The third kappa shape index (κ3) is 3.30. The number of carboxylic acids is 1. The second-order valence-electron chi connectivity index (χ2n) is 6.27. The van der Waals surface area contributed by atoms with E-state index >= 15 is 0 Å². The van der Waals surface area contributed by atoms with E-state index in [9.17, 15) is 9.59 Å². The fourth-order valence-corrected chi connectivity index (χ4v) is 3.37. The molecule has 2 aromatic rings. The number of nitrogens with zero attached hydrogens (tertiary/aromatic N) is 2. The van der Waals surface area contributed by atoms with Crippen molar-refractivity contribution < 1.29 is 14.7 Å². The quantitative estimate of drug-likeness (QED) is 0.942. The van der Waals surface area contributed by atoms with Crippen LogP contribution in [0.5, 0.6) is 0 Å². The Kier molecular flexibility index (Phi) is 4.60. The highest BCUT2D eigenvalue weighted by molar-refractivity contribution is 5.95. The number of likely N-dealkylation sites (tertiary alicyclic amines) is 1. The van der Waals surface area contributed by atoms with E-state index in [4.69, 9.17) is 5.11 Å². The minimum Gasteiger partial charge on any atom is -0.478 e. The summed E-state index contributed by atoms with van der Waals surface area (Å²) in [7, 11) is 0. The molecule has 0 saturated carbocycles. The number of aromatic carboxylic acids is 1. The van der Waals surface area contributed by atoms with Crippen LogP contribution in [0.2, 0.25) is 0 Å². The van der Waals surface area contributed by atoms with Crippen LogP contribution in [-0.4, -0.2) is 40.0 Å². The number of amides is 1. The van der Waals surface area contributed by atoms with Gasteiger partial charge in [-0.05, 0) is 36.0 Å². The zero-order chi connectivity index (χ0) is 17.1. The molecule has 0 aliphatic carbocycles. The summed E-state index contributed by atoms with van der Waals surface area (Å²) in [4.78, 5) is 29.5. The van der Waals surface area contributed by atoms with Crippen LogP contribution >= 0.6 is 0 Å². The lowest BCUT2D eigenvalue weighted by Gasteiger charge is -2.37. The van der Waals surface area contributed by atoms with E-state index in [1.807, 2.05) is 18.2 Å². The predicted molar refractivity (Wildman–Crippen MR) is 90.1 cm³/mol. The second kappa shape index (κ2) is 6.83. The van der Waals surface area contributed by atoms with E-state index in [-0.39, 0.29) is 17.2 Å². The number of aromatic nitrogens is 1. The Balaban J connectivity index is 1.72. The van der Waals surface area contributed by atoms with E-state index in [0.29, 0.717) is 24.9 Å². The molecule has 0 radical (unpaired) electrons. The van der Waals surface area contributed by atoms with Crippen molar-refractivity contribution >= 4 is 11.9 Å². The molecule has 1 aliphatic heterocycles. The molecule has 1 amide bonds. The molecule has 0 spiro atoms. The number of rotatable bonds is 3. The number of hydrogen-bond acceptors (Lipinski definition) is 3. The molecule has 5 nitrogen and oxygen atoms in total. The third-order valence-electron chi connectivity index (χ3n) is 4.65. The monoisotopic (exact) mass is 324 g/mol. The van der Waals surface area contributed by atoms with Crippen molar-refractivity contribution in [2.24, 2.45) is 5.92 Å². The second-order valence-corrected chi connectivity index (χ2v) is 6.27. The van der Waals surface area contributed by atoms with E-state index in [0.717, 1.165) is 6.42 Å². The van der Waals surface area contributed by atoms with Crippen molar-refractivity contribution in [3.05, 3.63) is 65.5 Å². The van der Waals surface area contributed by atoms with Gasteiger partial charge in [-0.1, -0.05) is 37.3 Å². The van der Waals surface area contributed by atoms with Gasteiger partial charge < -0.3 is 10.0 Å². The van der Waals surface area contributed by atoms with Crippen LogP contribution in [0.4, 0.5) is 0 Å². The molecular formula is C19H20N2O3. The normalized spacial score (nSPS) is 20.6. The van der Waals surface area contributed by atoms with E-state index in [2.05, 4.69) is 24.0 Å². The zero-order valence-electron chi connectivity index (χ0n) is 13.6. The molecule has 1 aromatic heterocycles. The number of carbonyl (C=O) groups is 2. The van der Waals surface area contributed by atoms with Crippen molar-refractivity contribution in [2.45, 2.75) is 19.3 Å². The Morgan fingerprint density at radius 1 is 1.21 bits per heavy atom. The van der Waals surface area contributed by atoms with Gasteiger partial charge in [0.2, 0.25) is 0 Å². The summed E-state index contributed by atoms with van der Waals surface area (Å²) >= 11 is 0. The molecule has 1 N–H and O–H groups in total. The summed E-state index contributed by atoms with van der Waals surface area (Å²) in [5, 5.41) is 9.05. The zero-order valence-corrected chi connectivity index (χ0v) is 13.6. The Bertz CT molecular complexity index is 745. The SMILES string of the molecule is CC1CN(C(=O)c2cc(C(=O)O)ccn2)CCC1c1ccccc1. The largest absolute Gasteiger partial charge is 0.478 e. The number of carboxylic acid groups (broad SMARTS) is 1. The molecular weight excluding hydrogens is 304 g/mol. The first-order valence-corrected chi connectivity index (χ1v) is 8.10. The number of carbonyl (C=O) groups excluding carboxylic acids is 1. The van der Waals surface area contributed by atoms with Gasteiger partial charge in [-0.25, -0.2) is 4.79 Å².